The molecule has 44 heavy (non-hydrogen) atoms. The summed E-state index contributed by atoms with van der Waals surface area (Å²) in [6.07, 6.45) is -13.4. The lowest BCUT2D eigenvalue weighted by Gasteiger charge is -2.43. The predicted molar refractivity (Wildman–Crippen MR) is 140 cm³/mol. The predicted octanol–water partition coefficient (Wildman–Crippen LogP) is 6.71. The van der Waals surface area contributed by atoms with Crippen LogP contribution in [0.25, 0.3) is 0 Å². The van der Waals surface area contributed by atoms with Crippen LogP contribution in [0, 0.1) is 17.1 Å². The molecule has 0 radical (unpaired) electrons. The highest BCUT2D eigenvalue weighted by Gasteiger charge is 2.73. The number of carbonyl (C=O) groups is 1. The van der Waals surface area contributed by atoms with E-state index < -0.39 is 55.9 Å². The average molecular weight is 643 g/mol. The smallest absolute Gasteiger partial charge is 0.334 e. The van der Waals surface area contributed by atoms with Gasteiger partial charge in [0.05, 0.1) is 23.4 Å². The molecule has 14 heteroatoms. The van der Waals surface area contributed by atoms with Gasteiger partial charge in [0.25, 0.3) is 5.91 Å². The first kappa shape index (κ1) is 31.4. The Balaban J connectivity index is 1.67. The summed E-state index contributed by atoms with van der Waals surface area (Å²) in [5, 5.41) is 8.90. The zero-order valence-electron chi connectivity index (χ0n) is 22.5. The molecule has 1 heterocycles. The molecule has 232 valence electrons. The van der Waals surface area contributed by atoms with Crippen molar-refractivity contribution in [2.75, 3.05) is 6.54 Å². The lowest BCUT2D eigenvalue weighted by Crippen LogP contribution is -2.53. The Labute approximate surface area is 246 Å². The van der Waals surface area contributed by atoms with Gasteiger partial charge in [-0.25, -0.2) is 17.2 Å². The van der Waals surface area contributed by atoms with Crippen molar-refractivity contribution in [3.63, 3.8) is 0 Å². The largest absolute Gasteiger partial charge is 0.435 e. The lowest BCUT2D eigenvalue weighted by atomic mass is 9.76. The molecule has 0 saturated carbocycles. The van der Waals surface area contributed by atoms with Crippen LogP contribution < -0.4 is 0 Å². The molecule has 3 aromatic rings. The van der Waals surface area contributed by atoms with Gasteiger partial charge >= 0.3 is 18.0 Å². The van der Waals surface area contributed by atoms with Gasteiger partial charge in [0, 0.05) is 17.7 Å². The number of fused-ring (bicyclic) bond motifs is 3. The number of rotatable bonds is 5. The van der Waals surface area contributed by atoms with Gasteiger partial charge in [-0.15, -0.1) is 0 Å². The summed E-state index contributed by atoms with van der Waals surface area (Å²) in [6.45, 7) is -0.150. The maximum atomic E-state index is 15.0. The summed E-state index contributed by atoms with van der Waals surface area (Å²) in [5.41, 5.74) is -7.07. The molecule has 2 aliphatic rings. The van der Waals surface area contributed by atoms with Crippen LogP contribution in [0.3, 0.4) is 0 Å². The first-order chi connectivity index (χ1) is 20.5. The quantitative estimate of drug-likeness (QED) is 0.229. The van der Waals surface area contributed by atoms with E-state index in [1.54, 1.807) is 12.1 Å². The van der Waals surface area contributed by atoms with Gasteiger partial charge < -0.3 is 4.90 Å². The van der Waals surface area contributed by atoms with Crippen molar-refractivity contribution in [2.45, 2.75) is 59.4 Å². The molecule has 5 rings (SSSR count). The van der Waals surface area contributed by atoms with Gasteiger partial charge in [0.1, 0.15) is 10.6 Å². The van der Waals surface area contributed by atoms with Crippen LogP contribution in [0.4, 0.5) is 35.1 Å². The molecule has 1 fully saturated rings. The van der Waals surface area contributed by atoms with E-state index >= 15 is 0 Å². The van der Waals surface area contributed by atoms with Gasteiger partial charge in [0.2, 0.25) is 0 Å². The molecule has 0 spiro atoms. The van der Waals surface area contributed by atoms with Crippen molar-refractivity contribution < 1.29 is 48.3 Å². The summed E-state index contributed by atoms with van der Waals surface area (Å²) < 4.78 is 137. The van der Waals surface area contributed by atoms with Crippen LogP contribution >= 0.6 is 0 Å². The highest BCUT2D eigenvalue weighted by atomic mass is 32.2. The number of hydrogen-bond acceptors (Lipinski definition) is 4. The fraction of sp³-hybridized carbons (Fsp3) is 0.333. The first-order valence-electron chi connectivity index (χ1n) is 13.2. The first-order valence-corrected chi connectivity index (χ1v) is 14.7. The summed E-state index contributed by atoms with van der Waals surface area (Å²) in [7, 11) is -4.59. The SMILES string of the molecule is N#CCc1ccc(C(=O)N2CC[C@]3(S(=O)(=O)c4ccc(F)cc4)c4ccc(C(F)(C(F)(F)F)C(F)(F)F)cc4CC[C@H]23)cc1. The monoisotopic (exact) mass is 642 g/mol. The third-order valence-electron chi connectivity index (χ3n) is 8.41. The minimum atomic E-state index is -6.37. The second kappa shape index (κ2) is 10.6. The second-order valence-electron chi connectivity index (χ2n) is 10.7. The molecule has 1 amide bonds. The molecule has 1 saturated heterocycles. The van der Waals surface area contributed by atoms with Gasteiger partial charge in [-0.2, -0.15) is 31.6 Å². The van der Waals surface area contributed by atoms with Crippen LogP contribution in [-0.4, -0.2) is 44.2 Å². The number of benzene rings is 3. The topological polar surface area (TPSA) is 78.2 Å². The Morgan fingerprint density at radius 3 is 2.11 bits per heavy atom. The minimum absolute atomic E-state index is 0.0848. The molecule has 0 unspecified atom stereocenters. The zero-order chi connectivity index (χ0) is 32.3. The van der Waals surface area contributed by atoms with E-state index in [1.807, 2.05) is 6.07 Å². The molecule has 1 aliphatic heterocycles. The zero-order valence-corrected chi connectivity index (χ0v) is 23.3. The molecule has 1 aliphatic carbocycles. The van der Waals surface area contributed by atoms with E-state index in [2.05, 4.69) is 0 Å². The Morgan fingerprint density at radius 1 is 0.932 bits per heavy atom. The molecular formula is C30H22F8N2O3S. The Hall–Kier alpha value is -3.99. The van der Waals surface area contributed by atoms with Crippen molar-refractivity contribution in [2.24, 2.45) is 0 Å². The van der Waals surface area contributed by atoms with Crippen LogP contribution in [0.5, 0.6) is 0 Å². The minimum Gasteiger partial charge on any atom is -0.334 e. The van der Waals surface area contributed by atoms with E-state index in [0.29, 0.717) is 11.6 Å². The number of sulfone groups is 1. The standard InChI is InChI=1S/C30H22F8N2O3S/c31-22-7-9-23(10-8-22)44(42,43)27-14-16-40(26(41)19-3-1-18(2-4-19)13-15-39)25(27)12-5-20-17-21(6-11-24(20)27)28(32,29(33,34)35)30(36,37)38/h1-4,6-11,17,25H,5,12-14,16H2/t25-,27-/m0/s1. The van der Waals surface area contributed by atoms with Crippen LogP contribution in [0.2, 0.25) is 0 Å². The van der Waals surface area contributed by atoms with E-state index in [9.17, 15) is 48.3 Å². The average Bonchev–Trinajstić information content (AvgIpc) is 3.37. The third kappa shape index (κ3) is 4.63. The number of amides is 1. The van der Waals surface area contributed by atoms with Crippen LogP contribution in [-0.2, 0) is 33.1 Å². The third-order valence-corrected chi connectivity index (χ3v) is 11.0. The Bertz CT molecular complexity index is 1730. The molecule has 0 bridgehead atoms. The van der Waals surface area contributed by atoms with Crippen molar-refractivity contribution in [3.05, 3.63) is 100 Å². The number of nitriles is 1. The number of likely N-dealkylation sites (tertiary alicyclic amines) is 1. The molecule has 2 atom stereocenters. The molecule has 5 nitrogen and oxygen atoms in total. The summed E-state index contributed by atoms with van der Waals surface area (Å²) in [6, 6.07) is 12.0. The molecule has 0 N–H and O–H groups in total. The molecule has 3 aromatic carbocycles. The Morgan fingerprint density at radius 2 is 1.55 bits per heavy atom. The maximum absolute atomic E-state index is 15.0. The highest BCUT2D eigenvalue weighted by Crippen LogP contribution is 2.56. The van der Waals surface area contributed by atoms with E-state index in [-0.39, 0.29) is 59.9 Å². The molecule has 0 aromatic heterocycles. The maximum Gasteiger partial charge on any atom is 0.435 e. The van der Waals surface area contributed by atoms with Crippen LogP contribution in [0.1, 0.15) is 45.5 Å². The van der Waals surface area contributed by atoms with Crippen molar-refractivity contribution in [1.82, 2.24) is 4.90 Å². The number of aryl methyl sites for hydroxylation is 1. The van der Waals surface area contributed by atoms with Crippen LogP contribution in [0.15, 0.2) is 71.6 Å². The van der Waals surface area contributed by atoms with Gasteiger partial charge in [-0.1, -0.05) is 30.3 Å². The van der Waals surface area contributed by atoms with Gasteiger partial charge in [-0.05, 0) is 72.4 Å². The number of hydrogen-bond donors (Lipinski definition) is 0. The lowest BCUT2D eigenvalue weighted by molar-refractivity contribution is -0.348. The van der Waals surface area contributed by atoms with E-state index in [0.717, 1.165) is 30.3 Å². The normalized spacial score (nSPS) is 20.5. The van der Waals surface area contributed by atoms with Crippen molar-refractivity contribution >= 4 is 15.7 Å². The molecular weight excluding hydrogens is 620 g/mol. The number of carbonyl (C=O) groups excluding carboxylic acids is 1. The van der Waals surface area contributed by atoms with E-state index in [1.165, 1.54) is 17.0 Å². The Kier molecular flexibility index (Phi) is 7.55. The fourth-order valence-electron chi connectivity index (χ4n) is 6.32. The summed E-state index contributed by atoms with van der Waals surface area (Å²) >= 11 is 0. The summed E-state index contributed by atoms with van der Waals surface area (Å²) in [5.74, 6) is -1.33. The van der Waals surface area contributed by atoms with Crippen molar-refractivity contribution in [1.29, 1.82) is 5.26 Å². The highest BCUT2D eigenvalue weighted by molar-refractivity contribution is 7.92. The number of alkyl halides is 7. The number of nitrogens with zero attached hydrogens (tertiary/aromatic N) is 2. The number of halogens is 8. The van der Waals surface area contributed by atoms with Crippen molar-refractivity contribution in [3.8, 4) is 6.07 Å². The van der Waals surface area contributed by atoms with Gasteiger partial charge in [0.15, 0.2) is 9.84 Å². The fourth-order valence-corrected chi connectivity index (χ4v) is 8.69. The second-order valence-corrected chi connectivity index (χ2v) is 12.9. The van der Waals surface area contributed by atoms with Gasteiger partial charge in [-0.3, -0.25) is 4.79 Å². The van der Waals surface area contributed by atoms with E-state index in [4.69, 9.17) is 5.26 Å². The summed E-state index contributed by atoms with van der Waals surface area (Å²) in [4.78, 5) is 14.6.